The van der Waals surface area contributed by atoms with Gasteiger partial charge in [-0.15, -0.1) is 0 Å². The van der Waals surface area contributed by atoms with E-state index in [2.05, 4.69) is 0 Å². The first kappa shape index (κ1) is 21.1. The highest BCUT2D eigenvalue weighted by molar-refractivity contribution is 7.89. The summed E-state index contributed by atoms with van der Waals surface area (Å²) in [6, 6.07) is 22.0. The number of nitrogens with zero attached hydrogens (tertiary/aromatic N) is 1. The summed E-state index contributed by atoms with van der Waals surface area (Å²) in [5.74, 6) is 1.15. The van der Waals surface area contributed by atoms with E-state index in [9.17, 15) is 13.2 Å². The largest absolute Gasteiger partial charge is 0.457 e. The van der Waals surface area contributed by atoms with Crippen LogP contribution >= 0.6 is 0 Å². The normalized spacial score (nSPS) is 14.7. The Morgan fingerprint density at radius 1 is 0.710 bits per heavy atom. The molecular weight excluding hydrogens is 414 g/mol. The molecule has 1 heterocycles. The number of hydrogen-bond donors (Lipinski definition) is 0. The molecule has 0 bridgehead atoms. The minimum atomic E-state index is -3.53. The van der Waals surface area contributed by atoms with Crippen molar-refractivity contribution in [2.24, 2.45) is 0 Å². The standard InChI is InChI=1S/C24H23NO5S/c26-24(30-22-13-11-21(12-14-22)29-20-7-3-1-4-8-20)19-9-15-23(16-10-19)31(27,28)25-17-5-2-6-18-25/h1,3-4,7-16H,2,5-6,17-18H2. The van der Waals surface area contributed by atoms with Crippen molar-refractivity contribution in [2.75, 3.05) is 13.1 Å². The molecule has 0 N–H and O–H groups in total. The molecule has 0 aromatic heterocycles. The summed E-state index contributed by atoms with van der Waals surface area (Å²) in [7, 11) is -3.53. The molecule has 0 spiro atoms. The third-order valence-electron chi connectivity index (χ3n) is 5.06. The molecule has 3 aromatic rings. The van der Waals surface area contributed by atoms with Crippen LogP contribution in [0.2, 0.25) is 0 Å². The van der Waals surface area contributed by atoms with Gasteiger partial charge in [-0.05, 0) is 73.5 Å². The van der Waals surface area contributed by atoms with Crippen molar-refractivity contribution in [3.05, 3.63) is 84.4 Å². The highest BCUT2D eigenvalue weighted by Crippen LogP contribution is 2.25. The number of para-hydroxylation sites is 1. The lowest BCUT2D eigenvalue weighted by molar-refractivity contribution is 0.0734. The maximum absolute atomic E-state index is 12.7. The number of carbonyl (C=O) groups excluding carboxylic acids is 1. The third kappa shape index (κ3) is 5.13. The number of piperidine rings is 1. The second-order valence-electron chi connectivity index (χ2n) is 7.27. The summed E-state index contributed by atoms with van der Waals surface area (Å²) in [5, 5.41) is 0. The molecule has 0 radical (unpaired) electrons. The Morgan fingerprint density at radius 3 is 1.94 bits per heavy atom. The fourth-order valence-electron chi connectivity index (χ4n) is 3.38. The lowest BCUT2D eigenvalue weighted by Gasteiger charge is -2.25. The Labute approximate surface area is 182 Å². The minimum Gasteiger partial charge on any atom is -0.457 e. The van der Waals surface area contributed by atoms with Crippen molar-refractivity contribution in [1.29, 1.82) is 0 Å². The SMILES string of the molecule is O=C(Oc1ccc(Oc2ccccc2)cc1)c1ccc(S(=O)(=O)N2CCCCC2)cc1. The number of hydrogen-bond acceptors (Lipinski definition) is 5. The molecule has 1 fully saturated rings. The monoisotopic (exact) mass is 437 g/mol. The van der Waals surface area contributed by atoms with Crippen LogP contribution in [-0.2, 0) is 10.0 Å². The summed E-state index contributed by atoms with van der Waals surface area (Å²) >= 11 is 0. The van der Waals surface area contributed by atoms with E-state index in [4.69, 9.17) is 9.47 Å². The molecule has 1 aliphatic heterocycles. The second kappa shape index (κ2) is 9.32. The van der Waals surface area contributed by atoms with E-state index in [0.29, 0.717) is 30.3 Å². The molecule has 0 amide bonds. The maximum Gasteiger partial charge on any atom is 0.343 e. The summed E-state index contributed by atoms with van der Waals surface area (Å²) in [5.41, 5.74) is 0.280. The number of benzene rings is 3. The van der Waals surface area contributed by atoms with Gasteiger partial charge < -0.3 is 9.47 Å². The summed E-state index contributed by atoms with van der Waals surface area (Å²) in [4.78, 5) is 12.6. The first-order valence-corrected chi connectivity index (χ1v) is 11.6. The summed E-state index contributed by atoms with van der Waals surface area (Å²) < 4.78 is 38.1. The first-order chi connectivity index (χ1) is 15.0. The first-order valence-electron chi connectivity index (χ1n) is 10.2. The molecule has 31 heavy (non-hydrogen) atoms. The van der Waals surface area contributed by atoms with Gasteiger partial charge in [0.2, 0.25) is 10.0 Å². The van der Waals surface area contributed by atoms with Gasteiger partial charge in [-0.1, -0.05) is 24.6 Å². The van der Waals surface area contributed by atoms with E-state index < -0.39 is 16.0 Å². The number of esters is 1. The molecular formula is C24H23NO5S. The Hall–Kier alpha value is -3.16. The zero-order valence-electron chi connectivity index (χ0n) is 16.9. The van der Waals surface area contributed by atoms with Gasteiger partial charge in [0.05, 0.1) is 10.5 Å². The van der Waals surface area contributed by atoms with Crippen LogP contribution < -0.4 is 9.47 Å². The smallest absolute Gasteiger partial charge is 0.343 e. The van der Waals surface area contributed by atoms with E-state index >= 15 is 0 Å². The van der Waals surface area contributed by atoms with Crippen molar-refractivity contribution in [3.8, 4) is 17.2 Å². The molecule has 0 saturated carbocycles. The van der Waals surface area contributed by atoms with Crippen LogP contribution in [0.1, 0.15) is 29.6 Å². The molecule has 1 saturated heterocycles. The number of carbonyl (C=O) groups is 1. The topological polar surface area (TPSA) is 72.9 Å². The molecule has 0 unspecified atom stereocenters. The van der Waals surface area contributed by atoms with E-state index in [0.717, 1.165) is 19.3 Å². The Bertz CT molecular complexity index is 1120. The summed E-state index contributed by atoms with van der Waals surface area (Å²) in [6.07, 6.45) is 2.80. The second-order valence-corrected chi connectivity index (χ2v) is 9.20. The maximum atomic E-state index is 12.7. The van der Waals surface area contributed by atoms with Gasteiger partial charge in [-0.2, -0.15) is 4.31 Å². The van der Waals surface area contributed by atoms with Crippen molar-refractivity contribution in [3.63, 3.8) is 0 Å². The predicted molar refractivity (Wildman–Crippen MR) is 117 cm³/mol. The van der Waals surface area contributed by atoms with Gasteiger partial charge in [0.1, 0.15) is 17.2 Å². The van der Waals surface area contributed by atoms with E-state index in [1.165, 1.54) is 28.6 Å². The van der Waals surface area contributed by atoms with Gasteiger partial charge in [0.15, 0.2) is 0 Å². The molecule has 7 heteroatoms. The van der Waals surface area contributed by atoms with Crippen LogP contribution in [0.5, 0.6) is 17.2 Å². The molecule has 3 aromatic carbocycles. The fourth-order valence-corrected chi connectivity index (χ4v) is 4.90. The molecule has 0 atom stereocenters. The zero-order valence-corrected chi connectivity index (χ0v) is 17.8. The zero-order chi connectivity index (χ0) is 21.7. The molecule has 4 rings (SSSR count). The van der Waals surface area contributed by atoms with Crippen LogP contribution in [0.25, 0.3) is 0 Å². The van der Waals surface area contributed by atoms with Crippen LogP contribution in [0.3, 0.4) is 0 Å². The van der Waals surface area contributed by atoms with Crippen molar-refractivity contribution in [1.82, 2.24) is 4.31 Å². The van der Waals surface area contributed by atoms with Gasteiger partial charge in [0.25, 0.3) is 0 Å². The predicted octanol–water partition coefficient (Wildman–Crippen LogP) is 4.87. The molecule has 160 valence electrons. The van der Waals surface area contributed by atoms with Crippen molar-refractivity contribution in [2.45, 2.75) is 24.2 Å². The summed E-state index contributed by atoms with van der Waals surface area (Å²) in [6.45, 7) is 1.08. The number of sulfonamides is 1. The lowest BCUT2D eigenvalue weighted by Crippen LogP contribution is -2.35. The van der Waals surface area contributed by atoms with Crippen molar-refractivity contribution < 1.29 is 22.7 Å². The van der Waals surface area contributed by atoms with Gasteiger partial charge in [-0.3, -0.25) is 0 Å². The molecule has 6 nitrogen and oxygen atoms in total. The van der Waals surface area contributed by atoms with Gasteiger partial charge in [0, 0.05) is 13.1 Å². The van der Waals surface area contributed by atoms with E-state index in [1.807, 2.05) is 30.3 Å². The Kier molecular flexibility index (Phi) is 6.34. The minimum absolute atomic E-state index is 0.188. The number of ether oxygens (including phenoxy) is 2. The van der Waals surface area contributed by atoms with Crippen molar-refractivity contribution >= 4 is 16.0 Å². The Morgan fingerprint density at radius 2 is 1.29 bits per heavy atom. The average molecular weight is 438 g/mol. The highest BCUT2D eigenvalue weighted by atomic mass is 32.2. The van der Waals surface area contributed by atoms with Crippen LogP contribution in [0, 0.1) is 0 Å². The van der Waals surface area contributed by atoms with Gasteiger partial charge in [-0.25, -0.2) is 13.2 Å². The van der Waals surface area contributed by atoms with E-state index in [1.54, 1.807) is 24.3 Å². The van der Waals surface area contributed by atoms with Crippen LogP contribution in [-0.4, -0.2) is 31.8 Å². The quantitative estimate of drug-likeness (QED) is 0.406. The fraction of sp³-hybridized carbons (Fsp3) is 0.208. The molecule has 1 aliphatic rings. The highest BCUT2D eigenvalue weighted by Gasteiger charge is 2.26. The van der Waals surface area contributed by atoms with Gasteiger partial charge >= 0.3 is 5.97 Å². The Balaban J connectivity index is 1.39. The van der Waals surface area contributed by atoms with Crippen LogP contribution in [0.15, 0.2) is 83.8 Å². The van der Waals surface area contributed by atoms with E-state index in [-0.39, 0.29) is 10.5 Å². The lowest BCUT2D eigenvalue weighted by atomic mass is 10.2. The van der Waals surface area contributed by atoms with Crippen LogP contribution in [0.4, 0.5) is 0 Å². The average Bonchev–Trinajstić information content (AvgIpc) is 2.82. The molecule has 0 aliphatic carbocycles. The third-order valence-corrected chi connectivity index (χ3v) is 6.97. The number of rotatable bonds is 6.